The number of nitrogens with one attached hydrogen (secondary N) is 1. The average Bonchev–Trinajstić information content (AvgIpc) is 3.00. The molecule has 0 spiro atoms. The smallest absolute Gasteiger partial charge is 0.187 e. The molecule has 0 saturated carbocycles. The number of benzene rings is 2. The SMILES string of the molecule is [C-]#[N+]c1cccc([C@@H]([C@H](O)CNC)n2ccc3ccccc32)c1. The van der Waals surface area contributed by atoms with Crippen LogP contribution in [0.4, 0.5) is 5.69 Å². The molecule has 116 valence electrons. The number of likely N-dealkylation sites (N-methyl/N-ethyl adjacent to an activating group) is 1. The lowest BCUT2D eigenvalue weighted by Crippen LogP contribution is -2.33. The highest BCUT2D eigenvalue weighted by molar-refractivity contribution is 5.80. The summed E-state index contributed by atoms with van der Waals surface area (Å²) in [5.41, 5.74) is 2.59. The molecule has 4 nitrogen and oxygen atoms in total. The molecule has 2 aromatic carbocycles. The Morgan fingerprint density at radius 2 is 2.00 bits per heavy atom. The predicted octanol–water partition coefficient (Wildman–Crippen LogP) is 3.36. The number of rotatable bonds is 5. The van der Waals surface area contributed by atoms with Crippen LogP contribution in [0.5, 0.6) is 0 Å². The molecule has 3 rings (SSSR count). The zero-order valence-electron chi connectivity index (χ0n) is 13.0. The molecule has 0 aliphatic carbocycles. The van der Waals surface area contributed by atoms with Gasteiger partial charge < -0.3 is 15.0 Å². The minimum atomic E-state index is -0.600. The van der Waals surface area contributed by atoms with E-state index >= 15 is 0 Å². The molecule has 0 fully saturated rings. The molecule has 0 aliphatic rings. The summed E-state index contributed by atoms with van der Waals surface area (Å²) in [6.07, 6.45) is 1.40. The molecular weight excluding hydrogens is 286 g/mol. The van der Waals surface area contributed by atoms with Gasteiger partial charge in [0.2, 0.25) is 0 Å². The van der Waals surface area contributed by atoms with Crippen molar-refractivity contribution >= 4 is 16.6 Å². The second-order valence-electron chi connectivity index (χ2n) is 5.56. The maximum Gasteiger partial charge on any atom is 0.187 e. The first-order valence-electron chi connectivity index (χ1n) is 7.60. The molecule has 0 amide bonds. The first-order chi connectivity index (χ1) is 11.2. The largest absolute Gasteiger partial charge is 0.389 e. The number of aromatic nitrogens is 1. The predicted molar refractivity (Wildman–Crippen MR) is 92.7 cm³/mol. The van der Waals surface area contributed by atoms with Crippen LogP contribution in [0.3, 0.4) is 0 Å². The van der Waals surface area contributed by atoms with Crippen molar-refractivity contribution in [3.8, 4) is 0 Å². The molecule has 3 aromatic rings. The Labute approximate surface area is 135 Å². The molecule has 2 atom stereocenters. The van der Waals surface area contributed by atoms with E-state index in [-0.39, 0.29) is 6.04 Å². The molecule has 4 heteroatoms. The van der Waals surface area contributed by atoms with Gasteiger partial charge in [0.1, 0.15) is 0 Å². The van der Waals surface area contributed by atoms with Crippen molar-refractivity contribution in [2.45, 2.75) is 12.1 Å². The van der Waals surface area contributed by atoms with Crippen molar-refractivity contribution in [3.05, 3.63) is 77.8 Å². The fourth-order valence-electron chi connectivity index (χ4n) is 3.01. The Balaban J connectivity index is 2.14. The Kier molecular flexibility index (Phi) is 4.42. The fourth-order valence-corrected chi connectivity index (χ4v) is 3.01. The lowest BCUT2D eigenvalue weighted by atomic mass is 10.00. The molecule has 2 N–H and O–H groups in total. The highest BCUT2D eigenvalue weighted by Crippen LogP contribution is 2.29. The molecule has 0 aliphatic heterocycles. The van der Waals surface area contributed by atoms with Gasteiger partial charge in [0.25, 0.3) is 0 Å². The van der Waals surface area contributed by atoms with Gasteiger partial charge >= 0.3 is 0 Å². The second kappa shape index (κ2) is 6.66. The van der Waals surface area contributed by atoms with Crippen LogP contribution in [0, 0.1) is 6.57 Å². The van der Waals surface area contributed by atoms with Crippen molar-refractivity contribution < 1.29 is 5.11 Å². The third kappa shape index (κ3) is 2.98. The van der Waals surface area contributed by atoms with E-state index in [0.29, 0.717) is 12.2 Å². The Bertz CT molecular complexity index is 847. The third-order valence-corrected chi connectivity index (χ3v) is 4.05. The van der Waals surface area contributed by atoms with Crippen LogP contribution < -0.4 is 5.32 Å². The Hall–Kier alpha value is -2.61. The minimum Gasteiger partial charge on any atom is -0.389 e. The molecular formula is C19H19N3O. The summed E-state index contributed by atoms with van der Waals surface area (Å²) in [7, 11) is 1.82. The van der Waals surface area contributed by atoms with Gasteiger partial charge in [-0.1, -0.05) is 42.5 Å². The molecule has 0 saturated heterocycles. The van der Waals surface area contributed by atoms with Gasteiger partial charge in [-0.2, -0.15) is 0 Å². The van der Waals surface area contributed by atoms with E-state index < -0.39 is 6.10 Å². The zero-order valence-corrected chi connectivity index (χ0v) is 13.0. The van der Waals surface area contributed by atoms with E-state index in [4.69, 9.17) is 6.57 Å². The molecule has 23 heavy (non-hydrogen) atoms. The maximum atomic E-state index is 10.7. The fraction of sp³-hybridized carbons (Fsp3) is 0.211. The van der Waals surface area contributed by atoms with E-state index in [2.05, 4.69) is 20.8 Å². The zero-order chi connectivity index (χ0) is 16.2. The monoisotopic (exact) mass is 305 g/mol. The van der Waals surface area contributed by atoms with Crippen LogP contribution >= 0.6 is 0 Å². The highest BCUT2D eigenvalue weighted by atomic mass is 16.3. The molecule has 0 unspecified atom stereocenters. The number of hydrogen-bond donors (Lipinski definition) is 2. The number of fused-ring (bicyclic) bond motifs is 1. The van der Waals surface area contributed by atoms with Crippen LogP contribution in [0.2, 0.25) is 0 Å². The maximum absolute atomic E-state index is 10.7. The van der Waals surface area contributed by atoms with Crippen LogP contribution in [-0.2, 0) is 0 Å². The van der Waals surface area contributed by atoms with Crippen molar-refractivity contribution in [1.29, 1.82) is 0 Å². The van der Waals surface area contributed by atoms with Gasteiger partial charge in [0, 0.05) is 18.3 Å². The van der Waals surface area contributed by atoms with Crippen LogP contribution in [0.1, 0.15) is 11.6 Å². The van der Waals surface area contributed by atoms with E-state index in [9.17, 15) is 5.11 Å². The van der Waals surface area contributed by atoms with Gasteiger partial charge in [0.15, 0.2) is 5.69 Å². The van der Waals surface area contributed by atoms with Crippen LogP contribution in [0.15, 0.2) is 60.8 Å². The number of aliphatic hydroxyl groups excluding tert-OH is 1. The first kappa shape index (κ1) is 15.3. The summed E-state index contributed by atoms with van der Waals surface area (Å²) in [6.45, 7) is 7.69. The lowest BCUT2D eigenvalue weighted by Gasteiger charge is -2.26. The highest BCUT2D eigenvalue weighted by Gasteiger charge is 2.23. The number of aliphatic hydroxyl groups is 1. The summed E-state index contributed by atoms with van der Waals surface area (Å²) in [5.74, 6) is 0. The van der Waals surface area contributed by atoms with Crippen LogP contribution in [-0.4, -0.2) is 29.4 Å². The summed E-state index contributed by atoms with van der Waals surface area (Å²) < 4.78 is 2.08. The van der Waals surface area contributed by atoms with Crippen LogP contribution in [0.25, 0.3) is 15.7 Å². The standard InChI is InChI=1S/C19H19N3O/c1-20-13-18(23)19(15-7-5-8-16(12-15)21-2)22-11-10-14-6-3-4-9-17(14)22/h3-12,18-20,23H,13H2,1H3/t18-,19+/m1/s1. The van der Waals surface area contributed by atoms with E-state index in [1.165, 1.54) is 0 Å². The third-order valence-electron chi connectivity index (χ3n) is 4.05. The van der Waals surface area contributed by atoms with Gasteiger partial charge in [-0.05, 0) is 30.1 Å². The molecule has 1 heterocycles. The number of para-hydroxylation sites is 1. The quantitative estimate of drug-likeness (QED) is 0.710. The molecule has 1 aromatic heterocycles. The van der Waals surface area contributed by atoms with Crippen molar-refractivity contribution in [1.82, 2.24) is 9.88 Å². The Morgan fingerprint density at radius 3 is 2.78 bits per heavy atom. The molecule has 0 radical (unpaired) electrons. The summed E-state index contributed by atoms with van der Waals surface area (Å²) in [4.78, 5) is 3.51. The van der Waals surface area contributed by atoms with Gasteiger partial charge in [-0.15, -0.1) is 0 Å². The molecule has 0 bridgehead atoms. The van der Waals surface area contributed by atoms with Crippen molar-refractivity contribution in [2.75, 3.05) is 13.6 Å². The van der Waals surface area contributed by atoms with Crippen molar-refractivity contribution in [3.63, 3.8) is 0 Å². The summed E-state index contributed by atoms with van der Waals surface area (Å²) >= 11 is 0. The Morgan fingerprint density at radius 1 is 1.17 bits per heavy atom. The van der Waals surface area contributed by atoms with E-state index in [1.54, 1.807) is 6.07 Å². The topological polar surface area (TPSA) is 41.5 Å². The van der Waals surface area contributed by atoms with Crippen molar-refractivity contribution in [2.24, 2.45) is 0 Å². The minimum absolute atomic E-state index is 0.246. The second-order valence-corrected chi connectivity index (χ2v) is 5.56. The van der Waals surface area contributed by atoms with E-state index in [0.717, 1.165) is 16.5 Å². The first-order valence-corrected chi connectivity index (χ1v) is 7.60. The van der Waals surface area contributed by atoms with Gasteiger partial charge in [-0.25, -0.2) is 4.85 Å². The number of nitrogens with zero attached hydrogens (tertiary/aromatic N) is 2. The van der Waals surface area contributed by atoms with E-state index in [1.807, 2.05) is 55.7 Å². The number of hydrogen-bond acceptors (Lipinski definition) is 2. The lowest BCUT2D eigenvalue weighted by molar-refractivity contribution is 0.132. The summed E-state index contributed by atoms with van der Waals surface area (Å²) in [6, 6.07) is 17.4. The normalized spacial score (nSPS) is 13.6. The van der Waals surface area contributed by atoms with Gasteiger partial charge in [-0.3, -0.25) is 0 Å². The average molecular weight is 305 g/mol. The summed E-state index contributed by atoms with van der Waals surface area (Å²) in [5, 5.41) is 14.9. The van der Waals surface area contributed by atoms with Gasteiger partial charge in [0.05, 0.1) is 18.7 Å².